The lowest BCUT2D eigenvalue weighted by atomic mass is 10.2. The van der Waals surface area contributed by atoms with E-state index in [-0.39, 0.29) is 5.91 Å². The summed E-state index contributed by atoms with van der Waals surface area (Å²) in [7, 11) is 1.91. The number of amides is 1. The van der Waals surface area contributed by atoms with E-state index < -0.39 is 8.80 Å². The molecule has 1 aromatic rings. The van der Waals surface area contributed by atoms with Crippen LogP contribution in [-0.4, -0.2) is 36.0 Å². The lowest BCUT2D eigenvalue weighted by Crippen LogP contribution is -2.54. The molecule has 0 aromatic heterocycles. The highest BCUT2D eigenvalue weighted by molar-refractivity contribution is 6.75. The SMILES string of the molecule is CO[Si](OC)(OC)c1cccc(CNC(C)=O)c1. The van der Waals surface area contributed by atoms with Crippen LogP contribution >= 0.6 is 0 Å². The van der Waals surface area contributed by atoms with E-state index in [4.69, 9.17) is 13.3 Å². The predicted octanol–water partition coefficient (Wildman–Crippen LogP) is 0.408. The molecule has 1 N–H and O–H groups in total. The Morgan fingerprint density at radius 2 is 1.83 bits per heavy atom. The minimum Gasteiger partial charge on any atom is -0.373 e. The number of rotatable bonds is 6. The third-order valence-electron chi connectivity index (χ3n) is 2.63. The Balaban J connectivity index is 2.96. The maximum atomic E-state index is 10.9. The van der Waals surface area contributed by atoms with Crippen molar-refractivity contribution in [3.8, 4) is 0 Å². The Morgan fingerprint density at radius 3 is 2.33 bits per heavy atom. The highest BCUT2D eigenvalue weighted by Gasteiger charge is 2.40. The molecular weight excluding hydrogens is 250 g/mol. The maximum Gasteiger partial charge on any atom is 0.536 e. The Morgan fingerprint density at radius 1 is 1.22 bits per heavy atom. The molecule has 0 spiro atoms. The first-order chi connectivity index (χ1) is 8.57. The van der Waals surface area contributed by atoms with Gasteiger partial charge in [-0.05, 0) is 5.56 Å². The first kappa shape index (κ1) is 14.8. The molecule has 0 saturated carbocycles. The van der Waals surface area contributed by atoms with Crippen LogP contribution in [0.3, 0.4) is 0 Å². The topological polar surface area (TPSA) is 56.8 Å². The van der Waals surface area contributed by atoms with Gasteiger partial charge in [0.1, 0.15) is 0 Å². The second-order valence-electron chi connectivity index (χ2n) is 3.78. The van der Waals surface area contributed by atoms with Gasteiger partial charge in [0.2, 0.25) is 5.91 Å². The molecule has 0 atom stereocenters. The van der Waals surface area contributed by atoms with Gasteiger partial charge in [-0.1, -0.05) is 24.3 Å². The van der Waals surface area contributed by atoms with Crippen molar-refractivity contribution in [2.75, 3.05) is 21.3 Å². The third-order valence-corrected chi connectivity index (χ3v) is 5.26. The highest BCUT2D eigenvalue weighted by atomic mass is 28.4. The summed E-state index contributed by atoms with van der Waals surface area (Å²) in [6.07, 6.45) is 0. The number of nitrogens with one attached hydrogen (secondary N) is 1. The maximum absolute atomic E-state index is 10.9. The van der Waals surface area contributed by atoms with Crippen molar-refractivity contribution >= 4 is 19.9 Å². The van der Waals surface area contributed by atoms with E-state index in [9.17, 15) is 4.79 Å². The van der Waals surface area contributed by atoms with E-state index in [2.05, 4.69) is 5.32 Å². The van der Waals surface area contributed by atoms with E-state index in [1.165, 1.54) is 6.92 Å². The quantitative estimate of drug-likeness (QED) is 0.760. The van der Waals surface area contributed by atoms with Gasteiger partial charge < -0.3 is 18.6 Å². The Labute approximate surface area is 108 Å². The molecule has 0 heterocycles. The van der Waals surface area contributed by atoms with E-state index in [0.29, 0.717) is 6.54 Å². The third kappa shape index (κ3) is 3.39. The summed E-state index contributed by atoms with van der Waals surface area (Å²) in [5.74, 6) is -0.0610. The molecule has 6 heteroatoms. The second kappa shape index (κ2) is 6.65. The van der Waals surface area contributed by atoms with Gasteiger partial charge in [0, 0.05) is 40.0 Å². The van der Waals surface area contributed by atoms with Gasteiger partial charge in [0.15, 0.2) is 0 Å². The molecule has 1 aromatic carbocycles. The molecule has 0 aliphatic carbocycles. The summed E-state index contributed by atoms with van der Waals surface area (Å²) < 4.78 is 16.2. The van der Waals surface area contributed by atoms with Crippen LogP contribution in [0.4, 0.5) is 0 Å². The molecule has 0 aliphatic heterocycles. The average Bonchev–Trinajstić information content (AvgIpc) is 2.40. The number of carbonyl (C=O) groups excluding carboxylic acids is 1. The lowest BCUT2D eigenvalue weighted by molar-refractivity contribution is -0.119. The number of hydrogen-bond acceptors (Lipinski definition) is 4. The molecule has 18 heavy (non-hydrogen) atoms. The molecule has 0 bridgehead atoms. The molecule has 0 saturated heterocycles. The summed E-state index contributed by atoms with van der Waals surface area (Å²) in [5, 5.41) is 3.62. The molecule has 0 aliphatic rings. The van der Waals surface area contributed by atoms with Crippen LogP contribution in [0.2, 0.25) is 0 Å². The van der Waals surface area contributed by atoms with Crippen LogP contribution in [0.1, 0.15) is 12.5 Å². The van der Waals surface area contributed by atoms with Crippen LogP contribution in [0, 0.1) is 0 Å². The first-order valence-corrected chi connectivity index (χ1v) is 7.29. The first-order valence-electron chi connectivity index (χ1n) is 5.57. The van der Waals surface area contributed by atoms with E-state index >= 15 is 0 Å². The second-order valence-corrected chi connectivity index (χ2v) is 6.69. The van der Waals surface area contributed by atoms with Crippen LogP contribution < -0.4 is 10.5 Å². The zero-order valence-electron chi connectivity index (χ0n) is 11.1. The summed E-state index contributed by atoms with van der Waals surface area (Å²) >= 11 is 0. The van der Waals surface area contributed by atoms with Crippen LogP contribution in [-0.2, 0) is 24.6 Å². The van der Waals surface area contributed by atoms with Crippen molar-refractivity contribution in [2.24, 2.45) is 0 Å². The summed E-state index contributed by atoms with van der Waals surface area (Å²) in [4.78, 5) is 10.9. The van der Waals surface area contributed by atoms with Gasteiger partial charge in [0.25, 0.3) is 0 Å². The van der Waals surface area contributed by atoms with Crippen molar-refractivity contribution in [2.45, 2.75) is 13.5 Å². The molecule has 1 rings (SSSR count). The standard InChI is InChI=1S/C12H19NO4Si/c1-10(14)13-9-11-6-5-7-12(8-11)18(15-2,16-3)17-4/h5-8H,9H2,1-4H3,(H,13,14). The highest BCUT2D eigenvalue weighted by Crippen LogP contribution is 2.08. The van der Waals surface area contributed by atoms with Crippen molar-refractivity contribution in [3.05, 3.63) is 29.8 Å². The smallest absolute Gasteiger partial charge is 0.373 e. The van der Waals surface area contributed by atoms with E-state index in [0.717, 1.165) is 10.8 Å². The molecule has 100 valence electrons. The van der Waals surface area contributed by atoms with Crippen molar-refractivity contribution < 1.29 is 18.1 Å². The average molecular weight is 269 g/mol. The molecule has 0 radical (unpaired) electrons. The van der Waals surface area contributed by atoms with E-state index in [1.54, 1.807) is 21.3 Å². The molecule has 5 nitrogen and oxygen atoms in total. The van der Waals surface area contributed by atoms with Crippen molar-refractivity contribution in [1.82, 2.24) is 5.32 Å². The monoisotopic (exact) mass is 269 g/mol. The zero-order valence-corrected chi connectivity index (χ0v) is 12.1. The van der Waals surface area contributed by atoms with Gasteiger partial charge in [-0.25, -0.2) is 0 Å². The number of benzene rings is 1. The summed E-state index contributed by atoms with van der Waals surface area (Å²) in [5.41, 5.74) is 0.978. The Bertz CT molecular complexity index is 399. The summed E-state index contributed by atoms with van der Waals surface area (Å²) in [6, 6.07) is 7.66. The van der Waals surface area contributed by atoms with E-state index in [1.807, 2.05) is 24.3 Å². The molecule has 1 amide bonds. The van der Waals surface area contributed by atoms with Gasteiger partial charge in [-0.15, -0.1) is 0 Å². The fraction of sp³-hybridized carbons (Fsp3) is 0.417. The lowest BCUT2D eigenvalue weighted by Gasteiger charge is -2.24. The van der Waals surface area contributed by atoms with Gasteiger partial charge >= 0.3 is 8.80 Å². The Hall–Kier alpha value is -1.21. The fourth-order valence-corrected chi connectivity index (χ4v) is 3.57. The number of carbonyl (C=O) groups is 1. The zero-order chi connectivity index (χ0) is 13.6. The fourth-order valence-electron chi connectivity index (χ4n) is 1.70. The number of hydrogen-bond donors (Lipinski definition) is 1. The minimum absolute atomic E-state index is 0.0610. The van der Waals surface area contributed by atoms with Gasteiger partial charge in [0.05, 0.1) is 0 Å². The molecule has 0 unspecified atom stereocenters. The van der Waals surface area contributed by atoms with Crippen LogP contribution in [0.15, 0.2) is 24.3 Å². The van der Waals surface area contributed by atoms with Crippen molar-refractivity contribution in [3.63, 3.8) is 0 Å². The normalized spacial score (nSPS) is 11.3. The van der Waals surface area contributed by atoms with Crippen molar-refractivity contribution in [1.29, 1.82) is 0 Å². The summed E-state index contributed by atoms with van der Waals surface area (Å²) in [6.45, 7) is 1.97. The molecule has 0 fully saturated rings. The largest absolute Gasteiger partial charge is 0.536 e. The minimum atomic E-state index is -2.79. The van der Waals surface area contributed by atoms with Crippen LogP contribution in [0.5, 0.6) is 0 Å². The van der Waals surface area contributed by atoms with Crippen LogP contribution in [0.25, 0.3) is 0 Å². The molecular formula is C12H19NO4Si. The Kier molecular flexibility index (Phi) is 5.48. The van der Waals surface area contributed by atoms with Gasteiger partial charge in [-0.2, -0.15) is 0 Å². The van der Waals surface area contributed by atoms with Gasteiger partial charge in [-0.3, -0.25) is 4.79 Å². The predicted molar refractivity (Wildman–Crippen MR) is 70.4 cm³/mol.